The molecule has 1 amide bonds. The smallest absolute Gasteiger partial charge is 0.342 e. The first kappa shape index (κ1) is 18.4. The van der Waals surface area contributed by atoms with Crippen molar-refractivity contribution in [1.82, 2.24) is 5.32 Å². The molecule has 10 heteroatoms. The van der Waals surface area contributed by atoms with Gasteiger partial charge in [0.25, 0.3) is 5.91 Å². The maximum atomic E-state index is 12.0. The Bertz CT molecular complexity index is 739. The van der Waals surface area contributed by atoms with Crippen LogP contribution in [0.25, 0.3) is 0 Å². The fourth-order valence-corrected chi connectivity index (χ4v) is 2.08. The Balaban J connectivity index is 2.82. The zero-order valence-corrected chi connectivity index (χ0v) is 13.1. The number of nitrogens with two attached hydrogens (primary N) is 1. The normalized spacial score (nSPS) is 10.5. The largest absolute Gasteiger partial charge is 0.496 e. The number of nitrogens with one attached hydrogen (secondary N) is 1. The van der Waals surface area contributed by atoms with Crippen molar-refractivity contribution >= 4 is 21.9 Å². The predicted octanol–water partition coefficient (Wildman–Crippen LogP) is -0.471. The molecular formula is C13H15N3O6S. The number of carbonyl (C=O) groups is 2. The number of methoxy groups -OCH3 is 1. The van der Waals surface area contributed by atoms with Crippen molar-refractivity contribution in [2.45, 2.75) is 11.3 Å². The van der Waals surface area contributed by atoms with Crippen molar-refractivity contribution in [2.24, 2.45) is 5.14 Å². The van der Waals surface area contributed by atoms with Crippen LogP contribution in [0.15, 0.2) is 23.1 Å². The van der Waals surface area contributed by atoms with Gasteiger partial charge in [-0.1, -0.05) is 0 Å². The van der Waals surface area contributed by atoms with Gasteiger partial charge in [-0.15, -0.1) is 0 Å². The lowest BCUT2D eigenvalue weighted by Crippen LogP contribution is -2.29. The van der Waals surface area contributed by atoms with Gasteiger partial charge in [0.15, 0.2) is 6.61 Å². The number of ether oxygens (including phenoxy) is 2. The maximum Gasteiger partial charge on any atom is 0.342 e. The minimum absolute atomic E-state index is 0.0762. The van der Waals surface area contributed by atoms with Gasteiger partial charge in [0, 0.05) is 6.54 Å². The molecule has 1 rings (SSSR count). The molecule has 0 aliphatic heterocycles. The molecule has 124 valence electrons. The van der Waals surface area contributed by atoms with Crippen molar-refractivity contribution < 1.29 is 27.5 Å². The molecule has 3 N–H and O–H groups in total. The molecule has 0 saturated heterocycles. The van der Waals surface area contributed by atoms with Crippen molar-refractivity contribution in [1.29, 1.82) is 5.26 Å². The summed E-state index contributed by atoms with van der Waals surface area (Å²) < 4.78 is 32.4. The van der Waals surface area contributed by atoms with Crippen molar-refractivity contribution in [3.8, 4) is 11.8 Å². The summed E-state index contributed by atoms with van der Waals surface area (Å²) in [6, 6.07) is 5.28. The lowest BCUT2D eigenvalue weighted by molar-refractivity contribution is -0.124. The third kappa shape index (κ3) is 5.57. The highest BCUT2D eigenvalue weighted by molar-refractivity contribution is 7.89. The van der Waals surface area contributed by atoms with Crippen LogP contribution in [-0.4, -0.2) is 40.6 Å². The van der Waals surface area contributed by atoms with Crippen LogP contribution in [0.1, 0.15) is 16.8 Å². The van der Waals surface area contributed by atoms with Gasteiger partial charge in [-0.05, 0) is 18.2 Å². The Morgan fingerprint density at radius 3 is 2.65 bits per heavy atom. The average Bonchev–Trinajstić information content (AvgIpc) is 2.51. The number of esters is 1. The van der Waals surface area contributed by atoms with Gasteiger partial charge in [-0.3, -0.25) is 4.79 Å². The number of sulfonamides is 1. The van der Waals surface area contributed by atoms with Crippen LogP contribution in [0, 0.1) is 11.3 Å². The Labute approximate surface area is 133 Å². The number of primary sulfonamides is 1. The second kappa shape index (κ2) is 8.11. The number of amides is 1. The van der Waals surface area contributed by atoms with E-state index in [0.29, 0.717) is 0 Å². The Kier molecular flexibility index (Phi) is 6.49. The predicted molar refractivity (Wildman–Crippen MR) is 77.9 cm³/mol. The molecule has 1 aromatic carbocycles. The molecule has 0 unspecified atom stereocenters. The minimum Gasteiger partial charge on any atom is -0.496 e. The molecule has 1 aromatic rings. The number of hydrogen-bond acceptors (Lipinski definition) is 7. The number of rotatable bonds is 7. The van der Waals surface area contributed by atoms with E-state index in [2.05, 4.69) is 5.32 Å². The third-order valence-corrected chi connectivity index (χ3v) is 3.52. The van der Waals surface area contributed by atoms with Gasteiger partial charge >= 0.3 is 5.97 Å². The van der Waals surface area contributed by atoms with E-state index in [1.54, 1.807) is 0 Å². The van der Waals surface area contributed by atoms with Crippen LogP contribution in [0.3, 0.4) is 0 Å². The monoisotopic (exact) mass is 341 g/mol. The highest BCUT2D eigenvalue weighted by Gasteiger charge is 2.19. The lowest BCUT2D eigenvalue weighted by Gasteiger charge is -2.10. The standard InChI is InChI=1S/C13H15N3O6S/c1-21-11-4-3-9(23(15,19)20)7-10(11)13(18)22-8-12(17)16-6-2-5-14/h3-4,7H,2,6,8H2,1H3,(H,16,17)(H2,15,19,20). The van der Waals surface area contributed by atoms with Crippen LogP contribution in [0.5, 0.6) is 5.75 Å². The van der Waals surface area contributed by atoms with Crippen molar-refractivity contribution in [3.63, 3.8) is 0 Å². The number of nitriles is 1. The van der Waals surface area contributed by atoms with E-state index < -0.39 is 28.5 Å². The van der Waals surface area contributed by atoms with Gasteiger partial charge < -0.3 is 14.8 Å². The molecule has 0 radical (unpaired) electrons. The Hall–Kier alpha value is -2.64. The summed E-state index contributed by atoms with van der Waals surface area (Å²) in [6.07, 6.45) is 0.129. The van der Waals surface area contributed by atoms with Crippen LogP contribution in [-0.2, 0) is 19.6 Å². The van der Waals surface area contributed by atoms with E-state index >= 15 is 0 Å². The topological polar surface area (TPSA) is 149 Å². The van der Waals surface area contributed by atoms with Crippen LogP contribution < -0.4 is 15.2 Å². The summed E-state index contributed by atoms with van der Waals surface area (Å²) in [7, 11) is -2.71. The summed E-state index contributed by atoms with van der Waals surface area (Å²) >= 11 is 0. The van der Waals surface area contributed by atoms with E-state index in [4.69, 9.17) is 19.9 Å². The van der Waals surface area contributed by atoms with E-state index in [1.165, 1.54) is 19.2 Å². The van der Waals surface area contributed by atoms with E-state index in [0.717, 1.165) is 6.07 Å². The summed E-state index contributed by atoms with van der Waals surface area (Å²) in [6.45, 7) is -0.440. The highest BCUT2D eigenvalue weighted by Crippen LogP contribution is 2.22. The van der Waals surface area contributed by atoms with Crippen LogP contribution in [0.4, 0.5) is 0 Å². The quantitative estimate of drug-likeness (QED) is 0.503. The molecule has 0 spiro atoms. The SMILES string of the molecule is COc1ccc(S(N)(=O)=O)cc1C(=O)OCC(=O)NCCC#N. The average molecular weight is 341 g/mol. The number of nitrogens with zero attached hydrogens (tertiary/aromatic N) is 1. The summed E-state index contributed by atoms with van der Waals surface area (Å²) in [4.78, 5) is 23.1. The molecule has 0 bridgehead atoms. The number of hydrogen-bond donors (Lipinski definition) is 2. The van der Waals surface area contributed by atoms with Crippen molar-refractivity contribution in [2.75, 3.05) is 20.3 Å². The van der Waals surface area contributed by atoms with Gasteiger partial charge in [-0.25, -0.2) is 18.4 Å². The second-order valence-electron chi connectivity index (χ2n) is 4.24. The van der Waals surface area contributed by atoms with Gasteiger partial charge in [0.05, 0.1) is 24.5 Å². The van der Waals surface area contributed by atoms with Gasteiger partial charge in [-0.2, -0.15) is 5.26 Å². The molecule has 0 aromatic heterocycles. The number of carbonyl (C=O) groups excluding carboxylic acids is 2. The van der Waals surface area contributed by atoms with E-state index in [9.17, 15) is 18.0 Å². The fourth-order valence-electron chi connectivity index (χ4n) is 1.54. The molecule has 0 aliphatic rings. The fraction of sp³-hybridized carbons (Fsp3) is 0.308. The molecule has 9 nitrogen and oxygen atoms in total. The maximum absolute atomic E-state index is 12.0. The molecule has 23 heavy (non-hydrogen) atoms. The number of benzene rings is 1. The summed E-state index contributed by atoms with van der Waals surface area (Å²) in [5.41, 5.74) is -0.177. The minimum atomic E-state index is -4.00. The van der Waals surface area contributed by atoms with Crippen LogP contribution >= 0.6 is 0 Å². The molecule has 0 aliphatic carbocycles. The third-order valence-electron chi connectivity index (χ3n) is 2.61. The first-order valence-corrected chi connectivity index (χ1v) is 7.86. The molecule has 0 heterocycles. The Morgan fingerprint density at radius 1 is 1.39 bits per heavy atom. The zero-order valence-electron chi connectivity index (χ0n) is 12.2. The van der Waals surface area contributed by atoms with Crippen LogP contribution in [0.2, 0.25) is 0 Å². The van der Waals surface area contributed by atoms with Crippen molar-refractivity contribution in [3.05, 3.63) is 23.8 Å². The first-order valence-electron chi connectivity index (χ1n) is 6.31. The lowest BCUT2D eigenvalue weighted by atomic mass is 10.2. The molecule has 0 saturated carbocycles. The zero-order chi connectivity index (χ0) is 17.5. The first-order chi connectivity index (χ1) is 10.8. The van der Waals surface area contributed by atoms with E-state index in [1.807, 2.05) is 6.07 Å². The van der Waals surface area contributed by atoms with Gasteiger partial charge in [0.2, 0.25) is 10.0 Å². The molecular weight excluding hydrogens is 326 g/mol. The molecule has 0 fully saturated rings. The Morgan fingerprint density at radius 2 is 2.09 bits per heavy atom. The molecule has 0 atom stereocenters. The van der Waals surface area contributed by atoms with Gasteiger partial charge in [0.1, 0.15) is 11.3 Å². The highest BCUT2D eigenvalue weighted by atomic mass is 32.2. The summed E-state index contributed by atoms with van der Waals surface area (Å²) in [5.74, 6) is -1.45. The van der Waals surface area contributed by atoms with E-state index in [-0.39, 0.29) is 29.2 Å². The summed E-state index contributed by atoms with van der Waals surface area (Å²) in [5, 5.41) is 15.7. The second-order valence-corrected chi connectivity index (χ2v) is 5.80.